The molecule has 10 heteroatoms. The fraction of sp³-hybridized carbons (Fsp3) is 0.333. The summed E-state index contributed by atoms with van der Waals surface area (Å²) in [7, 11) is 0. The number of hydrogen-bond donors (Lipinski definition) is 4. The van der Waals surface area contributed by atoms with Gasteiger partial charge >= 0.3 is 6.03 Å². The molecule has 4 atom stereocenters. The molecule has 0 aromatic heterocycles. The van der Waals surface area contributed by atoms with Gasteiger partial charge in [0.05, 0.1) is 18.7 Å². The van der Waals surface area contributed by atoms with Crippen molar-refractivity contribution in [3.63, 3.8) is 0 Å². The van der Waals surface area contributed by atoms with Gasteiger partial charge in [-0.15, -0.1) is 0 Å². The Kier molecular flexibility index (Phi) is 13.4. The number of rotatable bonds is 16. The summed E-state index contributed by atoms with van der Waals surface area (Å²) in [6, 6.07) is 29.8. The Hall–Kier alpha value is -5.66. The van der Waals surface area contributed by atoms with Crippen LogP contribution in [0.2, 0.25) is 0 Å². The Morgan fingerprint density at radius 1 is 0.846 bits per heavy atom. The molecule has 0 saturated carbocycles. The van der Waals surface area contributed by atoms with Crippen LogP contribution in [0.4, 0.5) is 10.5 Å². The van der Waals surface area contributed by atoms with Crippen LogP contribution in [0.5, 0.6) is 5.75 Å². The highest BCUT2D eigenvalue weighted by Crippen LogP contribution is 2.23. The smallest absolute Gasteiger partial charge is 0.318 e. The lowest BCUT2D eigenvalue weighted by molar-refractivity contribution is -0.127. The van der Waals surface area contributed by atoms with Crippen molar-refractivity contribution in [1.82, 2.24) is 20.9 Å². The molecule has 4 N–H and O–H groups in total. The number of benzene rings is 4. The Labute approximate surface area is 306 Å². The molecule has 5 rings (SSSR count). The Morgan fingerprint density at radius 3 is 2.08 bits per heavy atom. The summed E-state index contributed by atoms with van der Waals surface area (Å²) in [5.41, 5.74) is 5.06. The summed E-state index contributed by atoms with van der Waals surface area (Å²) in [6.45, 7) is 11.9. The van der Waals surface area contributed by atoms with E-state index in [1.807, 2.05) is 105 Å². The van der Waals surface area contributed by atoms with Gasteiger partial charge < -0.3 is 30.7 Å². The van der Waals surface area contributed by atoms with E-state index in [2.05, 4.69) is 20.8 Å². The molecule has 52 heavy (non-hydrogen) atoms. The third-order valence-electron chi connectivity index (χ3n) is 9.35. The molecule has 1 aliphatic heterocycles. The molecule has 0 unspecified atom stereocenters. The van der Waals surface area contributed by atoms with Gasteiger partial charge in [0.2, 0.25) is 5.91 Å². The topological polar surface area (TPSA) is 124 Å². The summed E-state index contributed by atoms with van der Waals surface area (Å²) in [4.78, 5) is 45.7. The molecule has 10 nitrogen and oxygen atoms in total. The zero-order chi connectivity index (χ0) is 36.9. The average Bonchev–Trinajstić information content (AvgIpc) is 3.14. The van der Waals surface area contributed by atoms with Gasteiger partial charge in [-0.25, -0.2) is 9.64 Å². The van der Waals surface area contributed by atoms with Crippen molar-refractivity contribution >= 4 is 23.5 Å². The fourth-order valence-corrected chi connectivity index (χ4v) is 6.63. The van der Waals surface area contributed by atoms with Crippen LogP contribution >= 0.6 is 0 Å². The molecule has 1 saturated heterocycles. The van der Waals surface area contributed by atoms with Crippen LogP contribution in [0.15, 0.2) is 103 Å². The summed E-state index contributed by atoms with van der Waals surface area (Å²) in [6.07, 6.45) is 0.826. The number of para-hydroxylation sites is 1. The molecule has 4 aromatic rings. The standard InChI is InChI=1S/C42H47N5O5/c1-29-12-10-13-30(2)40(29)52-28-39(49)46-36(25-32-16-8-5-9-17-32)38(48)27-35(24-31-14-6-4-7-15-31)45-41(50)37(47-23-11-22-44-42(47)51)26-33-18-20-34(43-3)21-19-33/h4-10,12-21,35-38,48H,11,22-28H2,1-2H3,(H,44,51)(H,45,50)(H,46,49)/t35-,36-,37-,38-/m0/s1. The first-order valence-corrected chi connectivity index (χ1v) is 17.8. The number of carbonyl (C=O) groups is 3. The van der Waals surface area contributed by atoms with E-state index in [0.29, 0.717) is 43.8 Å². The molecule has 270 valence electrons. The van der Waals surface area contributed by atoms with Gasteiger partial charge in [-0.05, 0) is 67.3 Å². The fourth-order valence-electron chi connectivity index (χ4n) is 6.63. The van der Waals surface area contributed by atoms with Gasteiger partial charge in [0.15, 0.2) is 12.3 Å². The maximum atomic E-state index is 14.3. The normalized spacial score (nSPS) is 15.0. The lowest BCUT2D eigenvalue weighted by atomic mass is 9.93. The van der Waals surface area contributed by atoms with Crippen LogP contribution in [-0.4, -0.2) is 71.8 Å². The molecule has 0 spiro atoms. The largest absolute Gasteiger partial charge is 0.483 e. The van der Waals surface area contributed by atoms with Crippen LogP contribution < -0.4 is 20.7 Å². The number of aryl methyl sites for hydroxylation is 2. The maximum Gasteiger partial charge on any atom is 0.318 e. The van der Waals surface area contributed by atoms with Gasteiger partial charge in [0.25, 0.3) is 5.91 Å². The minimum absolute atomic E-state index is 0.134. The van der Waals surface area contributed by atoms with E-state index >= 15 is 0 Å². The van der Waals surface area contributed by atoms with Crippen LogP contribution in [-0.2, 0) is 28.9 Å². The van der Waals surface area contributed by atoms with E-state index in [1.165, 1.54) is 0 Å². The van der Waals surface area contributed by atoms with Crippen molar-refractivity contribution in [1.29, 1.82) is 0 Å². The quantitative estimate of drug-likeness (QED) is 0.116. The zero-order valence-corrected chi connectivity index (χ0v) is 29.8. The number of aliphatic hydroxyl groups is 1. The Bertz CT molecular complexity index is 1810. The summed E-state index contributed by atoms with van der Waals surface area (Å²) < 4.78 is 5.92. The number of nitrogens with one attached hydrogen (secondary N) is 3. The van der Waals surface area contributed by atoms with Gasteiger partial charge in [0, 0.05) is 25.6 Å². The number of aliphatic hydroxyl groups excluding tert-OH is 1. The van der Waals surface area contributed by atoms with E-state index in [-0.39, 0.29) is 37.3 Å². The van der Waals surface area contributed by atoms with Crippen molar-refractivity contribution in [2.75, 3.05) is 19.7 Å². The first kappa shape index (κ1) is 37.6. The van der Waals surface area contributed by atoms with Crippen LogP contribution in [0.25, 0.3) is 4.85 Å². The van der Waals surface area contributed by atoms with Crippen LogP contribution in [0.3, 0.4) is 0 Å². The number of ether oxygens (including phenoxy) is 1. The van der Waals surface area contributed by atoms with E-state index < -0.39 is 24.2 Å². The third kappa shape index (κ3) is 10.7. The number of urea groups is 1. The van der Waals surface area contributed by atoms with Gasteiger partial charge in [-0.2, -0.15) is 0 Å². The second kappa shape index (κ2) is 18.5. The summed E-state index contributed by atoms with van der Waals surface area (Å²) >= 11 is 0. The van der Waals surface area contributed by atoms with Crippen molar-refractivity contribution in [3.05, 3.63) is 142 Å². The molecule has 0 radical (unpaired) electrons. The van der Waals surface area contributed by atoms with Gasteiger partial charge in [-0.3, -0.25) is 9.59 Å². The van der Waals surface area contributed by atoms with E-state index in [4.69, 9.17) is 11.3 Å². The molecule has 1 heterocycles. The van der Waals surface area contributed by atoms with Crippen LogP contribution in [0.1, 0.15) is 40.7 Å². The molecule has 0 aliphatic carbocycles. The Balaban J connectivity index is 1.36. The summed E-state index contributed by atoms with van der Waals surface area (Å²) in [5, 5.41) is 20.9. The molecule has 1 fully saturated rings. The predicted molar refractivity (Wildman–Crippen MR) is 201 cm³/mol. The first-order valence-electron chi connectivity index (χ1n) is 17.8. The predicted octanol–water partition coefficient (Wildman–Crippen LogP) is 5.47. The molecule has 4 aromatic carbocycles. The molecule has 4 amide bonds. The number of amides is 4. The lowest BCUT2D eigenvalue weighted by Gasteiger charge is -2.35. The second-order valence-electron chi connectivity index (χ2n) is 13.3. The average molecular weight is 702 g/mol. The molecule has 1 aliphatic rings. The monoisotopic (exact) mass is 701 g/mol. The SMILES string of the molecule is [C-]#[N+]c1ccc(C[C@@H](C(=O)N[C@@H](Cc2ccccc2)C[C@H](O)[C@H](Cc2ccccc2)NC(=O)COc2c(C)cccc2C)N2CCCNC2=O)cc1. The lowest BCUT2D eigenvalue weighted by Crippen LogP contribution is -2.58. The Morgan fingerprint density at radius 2 is 1.46 bits per heavy atom. The highest BCUT2D eigenvalue weighted by atomic mass is 16.5. The van der Waals surface area contributed by atoms with Crippen LogP contribution in [0, 0.1) is 20.4 Å². The molecular weight excluding hydrogens is 654 g/mol. The number of carbonyl (C=O) groups excluding carboxylic acids is 3. The molecular formula is C42H47N5O5. The number of nitrogens with zero attached hydrogens (tertiary/aromatic N) is 2. The van der Waals surface area contributed by atoms with Crippen molar-refractivity contribution in [2.24, 2.45) is 0 Å². The summed E-state index contributed by atoms with van der Waals surface area (Å²) in [5.74, 6) is -0.0560. The highest BCUT2D eigenvalue weighted by Gasteiger charge is 2.34. The van der Waals surface area contributed by atoms with Gasteiger partial charge in [-0.1, -0.05) is 103 Å². The first-order chi connectivity index (χ1) is 25.2. The van der Waals surface area contributed by atoms with E-state index in [9.17, 15) is 19.5 Å². The molecule has 0 bridgehead atoms. The van der Waals surface area contributed by atoms with Crippen molar-refractivity contribution < 1.29 is 24.2 Å². The second-order valence-corrected chi connectivity index (χ2v) is 13.3. The minimum Gasteiger partial charge on any atom is -0.483 e. The maximum absolute atomic E-state index is 14.3. The highest BCUT2D eigenvalue weighted by molar-refractivity contribution is 5.88. The van der Waals surface area contributed by atoms with E-state index in [0.717, 1.165) is 27.8 Å². The zero-order valence-electron chi connectivity index (χ0n) is 29.8. The van der Waals surface area contributed by atoms with Crippen molar-refractivity contribution in [2.45, 2.75) is 70.2 Å². The van der Waals surface area contributed by atoms with Crippen molar-refractivity contribution in [3.8, 4) is 5.75 Å². The van der Waals surface area contributed by atoms with E-state index in [1.54, 1.807) is 17.0 Å². The number of hydrogen-bond acceptors (Lipinski definition) is 5. The van der Waals surface area contributed by atoms with Gasteiger partial charge in [0.1, 0.15) is 11.8 Å². The minimum atomic E-state index is -1.05. The third-order valence-corrected chi connectivity index (χ3v) is 9.35.